The van der Waals surface area contributed by atoms with E-state index in [2.05, 4.69) is 5.32 Å². The maximum atomic E-state index is 12.6. The first kappa shape index (κ1) is 18.6. The molecule has 0 aromatic heterocycles. The molecule has 0 radical (unpaired) electrons. The number of carbonyl (C=O) groups is 3. The number of carbonyl (C=O) groups excluding carboxylic acids is 3. The van der Waals surface area contributed by atoms with E-state index in [1.165, 1.54) is 9.80 Å². The van der Waals surface area contributed by atoms with E-state index in [1.54, 1.807) is 53.2 Å². The van der Waals surface area contributed by atoms with E-state index in [-0.39, 0.29) is 24.5 Å². The van der Waals surface area contributed by atoms with Crippen molar-refractivity contribution in [1.82, 2.24) is 10.2 Å². The van der Waals surface area contributed by atoms with Crippen molar-refractivity contribution in [1.29, 1.82) is 0 Å². The van der Waals surface area contributed by atoms with Gasteiger partial charge in [-0.1, -0.05) is 0 Å². The number of rotatable bonds is 3. The molecule has 1 N–H and O–H groups in total. The number of alkyl carbamates (subject to hydrolysis) is 1. The number of likely N-dealkylation sites (N-methyl/N-ethyl adjacent to an activating group) is 1. The second kappa shape index (κ2) is 7.42. The van der Waals surface area contributed by atoms with Crippen LogP contribution < -0.4 is 15.0 Å². The lowest BCUT2D eigenvalue weighted by Gasteiger charge is -2.21. The Bertz CT molecular complexity index is 687. The van der Waals surface area contributed by atoms with E-state index in [4.69, 9.17) is 9.47 Å². The summed E-state index contributed by atoms with van der Waals surface area (Å²) in [5.74, 6) is -0.0651. The van der Waals surface area contributed by atoms with Gasteiger partial charge in [0.15, 0.2) is 0 Å². The first-order valence-corrected chi connectivity index (χ1v) is 7.94. The van der Waals surface area contributed by atoms with Gasteiger partial charge in [0, 0.05) is 26.7 Å². The number of nitrogens with one attached hydrogen (secondary N) is 1. The first-order valence-electron chi connectivity index (χ1n) is 7.94. The maximum Gasteiger partial charge on any atom is 0.408 e. The number of amides is 3. The molecule has 136 valence electrons. The van der Waals surface area contributed by atoms with Gasteiger partial charge in [0.05, 0.1) is 11.8 Å². The molecular weight excluding hydrogens is 326 g/mol. The van der Waals surface area contributed by atoms with Crippen LogP contribution in [-0.2, 0) is 9.53 Å². The predicted octanol–water partition coefficient (Wildman–Crippen LogP) is 1.25. The van der Waals surface area contributed by atoms with E-state index in [1.807, 2.05) is 0 Å². The fourth-order valence-corrected chi connectivity index (χ4v) is 2.38. The Morgan fingerprint density at radius 3 is 2.64 bits per heavy atom. The Hall–Kier alpha value is -2.77. The second-order valence-corrected chi connectivity index (χ2v) is 6.24. The van der Waals surface area contributed by atoms with Crippen LogP contribution in [0.25, 0.3) is 0 Å². The summed E-state index contributed by atoms with van der Waals surface area (Å²) in [6, 6.07) is 4.01. The molecule has 1 aromatic carbocycles. The molecule has 0 fully saturated rings. The summed E-state index contributed by atoms with van der Waals surface area (Å²) in [5.41, 5.74) is 0.914. The summed E-state index contributed by atoms with van der Waals surface area (Å²) in [6.07, 6.45) is -0.976. The molecule has 1 unspecified atom stereocenters. The Morgan fingerprint density at radius 1 is 1.36 bits per heavy atom. The van der Waals surface area contributed by atoms with Crippen molar-refractivity contribution >= 4 is 23.6 Å². The number of hydrogen-bond donors (Lipinski definition) is 1. The minimum absolute atomic E-state index is 0.0235. The summed E-state index contributed by atoms with van der Waals surface area (Å²) >= 11 is 0. The Kier molecular flexibility index (Phi) is 5.51. The molecule has 2 rings (SSSR count). The molecule has 0 aliphatic carbocycles. The van der Waals surface area contributed by atoms with E-state index in [0.29, 0.717) is 17.0 Å². The SMILES string of the molecule is CC(C)OC(=O)NC1COc2ccc(C(=O)N(C)C)cc2N(C)C1=O. The van der Waals surface area contributed by atoms with Gasteiger partial charge >= 0.3 is 6.09 Å². The number of anilines is 1. The van der Waals surface area contributed by atoms with Crippen molar-refractivity contribution in [2.75, 3.05) is 32.6 Å². The van der Waals surface area contributed by atoms with Crippen LogP contribution in [0.3, 0.4) is 0 Å². The standard InChI is InChI=1S/C17H23N3O5/c1-10(2)25-17(23)18-12-9-24-14-7-6-11(15(21)19(3)4)8-13(14)20(5)16(12)22/h6-8,10,12H,9H2,1-5H3,(H,18,23). The number of nitrogens with zero attached hydrogens (tertiary/aromatic N) is 2. The van der Waals surface area contributed by atoms with Gasteiger partial charge in [-0.05, 0) is 32.0 Å². The average molecular weight is 349 g/mol. The number of hydrogen-bond acceptors (Lipinski definition) is 5. The van der Waals surface area contributed by atoms with Crippen LogP contribution in [0, 0.1) is 0 Å². The van der Waals surface area contributed by atoms with Gasteiger partial charge in [0.2, 0.25) is 0 Å². The van der Waals surface area contributed by atoms with Gasteiger partial charge in [0.1, 0.15) is 18.4 Å². The fourth-order valence-electron chi connectivity index (χ4n) is 2.38. The molecule has 1 atom stereocenters. The van der Waals surface area contributed by atoms with Crippen molar-refractivity contribution in [3.8, 4) is 5.75 Å². The third-order valence-corrected chi connectivity index (χ3v) is 3.64. The summed E-state index contributed by atoms with van der Waals surface area (Å²) in [6.45, 7) is 3.41. The summed E-state index contributed by atoms with van der Waals surface area (Å²) in [5, 5.41) is 2.51. The van der Waals surface area contributed by atoms with Crippen LogP contribution in [0.4, 0.5) is 10.5 Å². The third-order valence-electron chi connectivity index (χ3n) is 3.64. The van der Waals surface area contributed by atoms with Gasteiger partial charge in [-0.15, -0.1) is 0 Å². The molecule has 8 nitrogen and oxygen atoms in total. The largest absolute Gasteiger partial charge is 0.489 e. The first-order chi connectivity index (χ1) is 11.7. The van der Waals surface area contributed by atoms with Crippen LogP contribution in [-0.4, -0.2) is 62.7 Å². The van der Waals surface area contributed by atoms with Crippen LogP contribution in [0.2, 0.25) is 0 Å². The Labute approximate surface area is 146 Å². The van der Waals surface area contributed by atoms with Crippen molar-refractivity contribution in [2.24, 2.45) is 0 Å². The highest BCUT2D eigenvalue weighted by molar-refractivity contribution is 6.02. The average Bonchev–Trinajstić information content (AvgIpc) is 2.65. The zero-order valence-electron chi connectivity index (χ0n) is 15.0. The highest BCUT2D eigenvalue weighted by atomic mass is 16.6. The highest BCUT2D eigenvalue weighted by Crippen LogP contribution is 2.31. The van der Waals surface area contributed by atoms with E-state index >= 15 is 0 Å². The highest BCUT2D eigenvalue weighted by Gasteiger charge is 2.31. The Morgan fingerprint density at radius 2 is 2.04 bits per heavy atom. The minimum Gasteiger partial charge on any atom is -0.489 e. The normalized spacial score (nSPS) is 16.6. The number of ether oxygens (including phenoxy) is 2. The van der Waals surface area contributed by atoms with Crippen molar-refractivity contribution < 1.29 is 23.9 Å². The van der Waals surface area contributed by atoms with E-state index in [0.717, 1.165) is 0 Å². The van der Waals surface area contributed by atoms with E-state index in [9.17, 15) is 14.4 Å². The molecule has 0 bridgehead atoms. The zero-order valence-corrected chi connectivity index (χ0v) is 15.0. The zero-order chi connectivity index (χ0) is 18.7. The van der Waals surface area contributed by atoms with Crippen LogP contribution in [0.15, 0.2) is 18.2 Å². The number of fused-ring (bicyclic) bond motifs is 1. The Balaban J connectivity index is 2.23. The summed E-state index contributed by atoms with van der Waals surface area (Å²) in [4.78, 5) is 39.3. The molecule has 8 heteroatoms. The molecule has 1 aliphatic heterocycles. The van der Waals surface area contributed by atoms with E-state index < -0.39 is 12.1 Å². The predicted molar refractivity (Wildman–Crippen MR) is 91.9 cm³/mol. The quantitative estimate of drug-likeness (QED) is 0.887. The van der Waals surface area contributed by atoms with Gasteiger partial charge in [-0.2, -0.15) is 0 Å². The van der Waals surface area contributed by atoms with Crippen molar-refractivity contribution in [2.45, 2.75) is 26.0 Å². The molecule has 1 aromatic rings. The smallest absolute Gasteiger partial charge is 0.408 e. The molecule has 25 heavy (non-hydrogen) atoms. The van der Waals surface area contributed by atoms with Crippen LogP contribution >= 0.6 is 0 Å². The molecule has 1 heterocycles. The molecule has 0 saturated heterocycles. The van der Waals surface area contributed by atoms with Crippen LogP contribution in [0.5, 0.6) is 5.75 Å². The molecule has 0 saturated carbocycles. The van der Waals surface area contributed by atoms with Gasteiger partial charge in [0.25, 0.3) is 11.8 Å². The topological polar surface area (TPSA) is 88.2 Å². The monoisotopic (exact) mass is 349 g/mol. The van der Waals surface area contributed by atoms with Crippen molar-refractivity contribution in [3.63, 3.8) is 0 Å². The molecular formula is C17H23N3O5. The molecule has 0 spiro atoms. The second-order valence-electron chi connectivity index (χ2n) is 6.24. The fraction of sp³-hybridized carbons (Fsp3) is 0.471. The molecule has 3 amide bonds. The minimum atomic E-state index is -0.878. The summed E-state index contributed by atoms with van der Waals surface area (Å²) < 4.78 is 10.7. The lowest BCUT2D eigenvalue weighted by Crippen LogP contribution is -2.49. The van der Waals surface area contributed by atoms with Crippen molar-refractivity contribution in [3.05, 3.63) is 23.8 Å². The third kappa shape index (κ3) is 4.20. The van der Waals surface area contributed by atoms with Gasteiger partial charge in [-0.25, -0.2) is 4.79 Å². The number of benzene rings is 1. The summed E-state index contributed by atoms with van der Waals surface area (Å²) in [7, 11) is 4.88. The van der Waals surface area contributed by atoms with Crippen LogP contribution in [0.1, 0.15) is 24.2 Å². The lowest BCUT2D eigenvalue weighted by atomic mass is 10.1. The van der Waals surface area contributed by atoms with Gasteiger partial charge < -0.3 is 24.6 Å². The maximum absolute atomic E-state index is 12.6. The molecule has 1 aliphatic rings. The lowest BCUT2D eigenvalue weighted by molar-refractivity contribution is -0.120. The van der Waals surface area contributed by atoms with Gasteiger partial charge in [-0.3, -0.25) is 9.59 Å².